The van der Waals surface area contributed by atoms with Crippen LogP contribution in [0.2, 0.25) is 0 Å². The lowest BCUT2D eigenvalue weighted by molar-refractivity contribution is 0.324. The number of ether oxygens (including phenoxy) is 3. The molecule has 3 heterocycles. The number of anilines is 1. The molecule has 0 radical (unpaired) electrons. The minimum absolute atomic E-state index is 0.362. The molecule has 2 aromatic heterocycles. The highest BCUT2D eigenvalue weighted by Crippen LogP contribution is 2.43. The van der Waals surface area contributed by atoms with Gasteiger partial charge in [0.1, 0.15) is 11.6 Å². The van der Waals surface area contributed by atoms with Gasteiger partial charge < -0.3 is 29.4 Å². The summed E-state index contributed by atoms with van der Waals surface area (Å²) in [6, 6.07) is 6.38. The molecule has 9 nitrogen and oxygen atoms in total. The second-order valence-corrected chi connectivity index (χ2v) is 7.26. The Labute approximate surface area is 175 Å². The molecule has 1 saturated heterocycles. The SMILES string of the molecule is COc1cc(-c2[nH]c3c(C#N)cnn3c2N(C)C2CCNCC2)cc(OC)c1OC. The molecule has 2 N–H and O–H groups in total. The van der Waals surface area contributed by atoms with Crippen molar-refractivity contribution in [2.75, 3.05) is 46.4 Å². The number of rotatable bonds is 6. The van der Waals surface area contributed by atoms with Gasteiger partial charge in [-0.25, -0.2) is 0 Å². The number of piperidine rings is 1. The van der Waals surface area contributed by atoms with Crippen molar-refractivity contribution in [3.8, 4) is 34.6 Å². The maximum absolute atomic E-state index is 9.51. The average Bonchev–Trinajstić information content (AvgIpc) is 3.37. The quantitative estimate of drug-likeness (QED) is 0.644. The summed E-state index contributed by atoms with van der Waals surface area (Å²) < 4.78 is 18.4. The third kappa shape index (κ3) is 3.19. The number of H-pyrrole nitrogens is 1. The lowest BCUT2D eigenvalue weighted by Crippen LogP contribution is -2.41. The van der Waals surface area contributed by atoms with Crippen LogP contribution >= 0.6 is 0 Å². The number of methoxy groups -OCH3 is 3. The Balaban J connectivity index is 1.92. The number of nitriles is 1. The standard InChI is InChI=1S/C21H26N6O3/c1-26(15-5-7-23-8-6-15)21-18(25-20-14(11-22)12-24-27(20)21)13-9-16(28-2)19(30-4)17(10-13)29-3/h9-10,12,15,23,25H,5-8H2,1-4H3. The van der Waals surface area contributed by atoms with Gasteiger partial charge in [0, 0.05) is 18.7 Å². The van der Waals surface area contributed by atoms with Crippen molar-refractivity contribution >= 4 is 11.5 Å². The van der Waals surface area contributed by atoms with Gasteiger partial charge in [-0.05, 0) is 38.1 Å². The first-order valence-electron chi connectivity index (χ1n) is 9.86. The Morgan fingerprint density at radius 3 is 2.37 bits per heavy atom. The highest BCUT2D eigenvalue weighted by atomic mass is 16.5. The van der Waals surface area contributed by atoms with Crippen LogP contribution in [-0.2, 0) is 0 Å². The molecule has 0 atom stereocenters. The van der Waals surface area contributed by atoms with E-state index in [0.29, 0.717) is 34.5 Å². The first-order valence-corrected chi connectivity index (χ1v) is 9.86. The van der Waals surface area contributed by atoms with Crippen LogP contribution in [0.3, 0.4) is 0 Å². The van der Waals surface area contributed by atoms with Crippen LogP contribution in [0.1, 0.15) is 18.4 Å². The first-order chi connectivity index (χ1) is 14.6. The van der Waals surface area contributed by atoms with Crippen LogP contribution < -0.4 is 24.4 Å². The van der Waals surface area contributed by atoms with E-state index in [1.54, 1.807) is 32.0 Å². The summed E-state index contributed by atoms with van der Waals surface area (Å²) in [7, 11) is 6.85. The largest absolute Gasteiger partial charge is 0.493 e. The summed E-state index contributed by atoms with van der Waals surface area (Å²) in [5.74, 6) is 2.56. The van der Waals surface area contributed by atoms with Crippen molar-refractivity contribution in [2.24, 2.45) is 0 Å². The van der Waals surface area contributed by atoms with Crippen LogP contribution in [0, 0.1) is 11.3 Å². The van der Waals surface area contributed by atoms with Gasteiger partial charge >= 0.3 is 0 Å². The summed E-state index contributed by atoms with van der Waals surface area (Å²) in [5, 5.41) is 17.4. The van der Waals surface area contributed by atoms with Gasteiger partial charge in [-0.15, -0.1) is 0 Å². The third-order valence-electron chi connectivity index (χ3n) is 5.70. The van der Waals surface area contributed by atoms with Gasteiger partial charge in [-0.2, -0.15) is 14.9 Å². The van der Waals surface area contributed by atoms with Crippen molar-refractivity contribution in [2.45, 2.75) is 18.9 Å². The van der Waals surface area contributed by atoms with Gasteiger partial charge in [0.2, 0.25) is 5.75 Å². The van der Waals surface area contributed by atoms with Gasteiger partial charge in [-0.1, -0.05) is 0 Å². The zero-order chi connectivity index (χ0) is 21.3. The zero-order valence-corrected chi connectivity index (χ0v) is 17.7. The minimum Gasteiger partial charge on any atom is -0.493 e. The summed E-state index contributed by atoms with van der Waals surface area (Å²) in [5.41, 5.74) is 2.86. The molecule has 0 bridgehead atoms. The molecule has 1 aliphatic heterocycles. The molecule has 0 spiro atoms. The van der Waals surface area contributed by atoms with E-state index in [9.17, 15) is 5.26 Å². The predicted molar refractivity (Wildman–Crippen MR) is 114 cm³/mol. The van der Waals surface area contributed by atoms with Crippen molar-refractivity contribution in [1.29, 1.82) is 5.26 Å². The zero-order valence-electron chi connectivity index (χ0n) is 17.7. The van der Waals surface area contributed by atoms with Crippen LogP contribution in [0.4, 0.5) is 5.82 Å². The maximum Gasteiger partial charge on any atom is 0.203 e. The lowest BCUT2D eigenvalue weighted by Gasteiger charge is -2.33. The van der Waals surface area contributed by atoms with E-state index in [1.807, 2.05) is 12.1 Å². The Bertz CT molecular complexity index is 1070. The van der Waals surface area contributed by atoms with Crippen LogP contribution in [0.15, 0.2) is 18.3 Å². The highest BCUT2D eigenvalue weighted by molar-refractivity contribution is 5.81. The van der Waals surface area contributed by atoms with Gasteiger partial charge in [0.25, 0.3) is 0 Å². The first kappa shape index (κ1) is 19.9. The number of nitrogens with zero attached hydrogens (tertiary/aromatic N) is 4. The van der Waals surface area contributed by atoms with Crippen molar-refractivity contribution < 1.29 is 14.2 Å². The van der Waals surface area contributed by atoms with E-state index in [4.69, 9.17) is 14.2 Å². The minimum atomic E-state index is 0.362. The second-order valence-electron chi connectivity index (χ2n) is 7.26. The van der Waals surface area contributed by atoms with E-state index in [-0.39, 0.29) is 0 Å². The Morgan fingerprint density at radius 1 is 1.13 bits per heavy atom. The lowest BCUT2D eigenvalue weighted by atomic mass is 10.0. The van der Waals surface area contributed by atoms with Crippen molar-refractivity contribution in [3.05, 3.63) is 23.9 Å². The van der Waals surface area contributed by atoms with E-state index < -0.39 is 0 Å². The molecule has 1 fully saturated rings. The van der Waals surface area contributed by atoms with E-state index >= 15 is 0 Å². The molecule has 1 aliphatic rings. The third-order valence-corrected chi connectivity index (χ3v) is 5.70. The number of aromatic nitrogens is 3. The van der Waals surface area contributed by atoms with E-state index in [1.165, 1.54) is 0 Å². The fourth-order valence-electron chi connectivity index (χ4n) is 4.11. The van der Waals surface area contributed by atoms with Gasteiger partial charge in [0.15, 0.2) is 23.0 Å². The van der Waals surface area contributed by atoms with Crippen LogP contribution in [-0.4, -0.2) is 62.1 Å². The van der Waals surface area contributed by atoms with Crippen molar-refractivity contribution in [1.82, 2.24) is 19.9 Å². The molecule has 0 aliphatic carbocycles. The molecule has 30 heavy (non-hydrogen) atoms. The topological polar surface area (TPSA) is 99.8 Å². The molecule has 0 unspecified atom stereocenters. The Morgan fingerprint density at radius 2 is 1.80 bits per heavy atom. The Hall–Kier alpha value is -3.38. The molecular weight excluding hydrogens is 384 g/mol. The smallest absolute Gasteiger partial charge is 0.203 e. The van der Waals surface area contributed by atoms with Crippen LogP contribution in [0.25, 0.3) is 16.9 Å². The summed E-state index contributed by atoms with van der Waals surface area (Å²) in [6.45, 7) is 1.95. The maximum atomic E-state index is 9.51. The number of imidazole rings is 1. The second kappa shape index (κ2) is 8.16. The number of hydrogen-bond acceptors (Lipinski definition) is 7. The predicted octanol–water partition coefficient (Wildman–Crippen LogP) is 2.42. The molecule has 0 saturated carbocycles. The van der Waals surface area contributed by atoms with Crippen molar-refractivity contribution in [3.63, 3.8) is 0 Å². The molecular formula is C21H26N6O3. The Kier molecular flexibility index (Phi) is 5.42. The normalized spacial score (nSPS) is 14.5. The van der Waals surface area contributed by atoms with Gasteiger partial charge in [0.05, 0.1) is 33.2 Å². The number of nitrogens with one attached hydrogen (secondary N) is 2. The number of fused-ring (bicyclic) bond motifs is 1. The molecule has 4 rings (SSSR count). The number of benzene rings is 1. The highest BCUT2D eigenvalue weighted by Gasteiger charge is 2.27. The number of aromatic amines is 1. The fourth-order valence-corrected chi connectivity index (χ4v) is 4.11. The fraction of sp³-hybridized carbons (Fsp3) is 0.429. The number of hydrogen-bond donors (Lipinski definition) is 2. The van der Waals surface area contributed by atoms with Gasteiger partial charge in [-0.3, -0.25) is 0 Å². The van der Waals surface area contributed by atoms with E-state index in [2.05, 4.69) is 33.4 Å². The molecule has 3 aromatic rings. The average molecular weight is 410 g/mol. The van der Waals surface area contributed by atoms with Crippen LogP contribution in [0.5, 0.6) is 17.2 Å². The summed E-state index contributed by atoms with van der Waals surface area (Å²) in [6.07, 6.45) is 3.65. The summed E-state index contributed by atoms with van der Waals surface area (Å²) >= 11 is 0. The van der Waals surface area contributed by atoms with E-state index in [0.717, 1.165) is 43.0 Å². The molecule has 1 aromatic carbocycles. The molecule has 0 amide bonds. The molecule has 9 heteroatoms. The molecule has 158 valence electrons. The monoisotopic (exact) mass is 410 g/mol. The summed E-state index contributed by atoms with van der Waals surface area (Å²) in [4.78, 5) is 5.66.